The summed E-state index contributed by atoms with van der Waals surface area (Å²) < 4.78 is 0. The molecule has 0 aliphatic heterocycles. The molecule has 0 bridgehead atoms. The van der Waals surface area contributed by atoms with Crippen molar-refractivity contribution in [2.45, 2.75) is 26.7 Å². The van der Waals surface area contributed by atoms with Crippen molar-refractivity contribution < 1.29 is 0 Å². The number of hydrogen-bond donors (Lipinski definition) is 0. The van der Waals surface area contributed by atoms with Crippen molar-refractivity contribution >= 4 is 21.5 Å². The minimum atomic E-state index is 0.748. The van der Waals surface area contributed by atoms with Crippen LogP contribution < -0.4 is 0 Å². The summed E-state index contributed by atoms with van der Waals surface area (Å²) in [6, 6.07) is 19.8. The molecule has 0 unspecified atom stereocenters. The summed E-state index contributed by atoms with van der Waals surface area (Å²) in [5, 5.41) is 5.56. The first-order chi connectivity index (χ1) is 9.25. The third-order valence-electron chi connectivity index (χ3n) is 3.85. The Labute approximate surface area is 115 Å². The van der Waals surface area contributed by atoms with E-state index in [0.717, 1.165) is 5.92 Å². The highest BCUT2D eigenvalue weighted by molar-refractivity contribution is 6.02. The van der Waals surface area contributed by atoms with Crippen LogP contribution in [0.4, 0.5) is 0 Å². The Kier molecular flexibility index (Phi) is 3.25. The molecule has 3 rings (SSSR count). The minimum Gasteiger partial charge on any atom is -0.0628 e. The van der Waals surface area contributed by atoms with Crippen LogP contribution in [0.1, 0.15) is 25.8 Å². The van der Waals surface area contributed by atoms with E-state index in [1.165, 1.54) is 39.9 Å². The van der Waals surface area contributed by atoms with Gasteiger partial charge in [0.15, 0.2) is 0 Å². The summed E-state index contributed by atoms with van der Waals surface area (Å²) in [6.45, 7) is 4.60. The van der Waals surface area contributed by atoms with Gasteiger partial charge in [0.2, 0.25) is 0 Å². The van der Waals surface area contributed by atoms with Gasteiger partial charge in [-0.1, -0.05) is 62.4 Å². The molecule has 0 N–H and O–H groups in total. The van der Waals surface area contributed by atoms with Crippen molar-refractivity contribution in [3.8, 4) is 0 Å². The number of fused-ring (bicyclic) bond motifs is 2. The third-order valence-corrected chi connectivity index (χ3v) is 3.85. The summed E-state index contributed by atoms with van der Waals surface area (Å²) in [4.78, 5) is 0. The van der Waals surface area contributed by atoms with E-state index in [-0.39, 0.29) is 0 Å². The molecule has 19 heavy (non-hydrogen) atoms. The Morgan fingerprint density at radius 3 is 1.84 bits per heavy atom. The monoisotopic (exact) mass is 248 g/mol. The molecule has 0 radical (unpaired) electrons. The number of rotatable bonds is 3. The maximum Gasteiger partial charge on any atom is -0.0146 e. The molecule has 0 amide bonds. The van der Waals surface area contributed by atoms with Crippen molar-refractivity contribution in [2.24, 2.45) is 5.92 Å². The fourth-order valence-corrected chi connectivity index (χ4v) is 2.81. The van der Waals surface area contributed by atoms with Gasteiger partial charge in [0, 0.05) is 0 Å². The number of aryl methyl sites for hydroxylation is 1. The second kappa shape index (κ2) is 5.05. The van der Waals surface area contributed by atoms with Crippen LogP contribution >= 0.6 is 0 Å². The van der Waals surface area contributed by atoms with Crippen molar-refractivity contribution in [3.63, 3.8) is 0 Å². The van der Waals surface area contributed by atoms with E-state index in [9.17, 15) is 0 Å². The Bertz CT molecular complexity index is 653. The van der Waals surface area contributed by atoms with Crippen LogP contribution in [0, 0.1) is 5.92 Å². The van der Waals surface area contributed by atoms with Crippen LogP contribution in [-0.2, 0) is 6.42 Å². The summed E-state index contributed by atoms with van der Waals surface area (Å²) >= 11 is 0. The molecule has 0 aliphatic rings. The molecule has 3 aromatic rings. The Hall–Kier alpha value is -1.82. The van der Waals surface area contributed by atoms with E-state index < -0.39 is 0 Å². The van der Waals surface area contributed by atoms with Gasteiger partial charge >= 0.3 is 0 Å². The van der Waals surface area contributed by atoms with Gasteiger partial charge in [0.25, 0.3) is 0 Å². The average Bonchev–Trinajstić information content (AvgIpc) is 2.43. The lowest BCUT2D eigenvalue weighted by Crippen LogP contribution is -1.95. The van der Waals surface area contributed by atoms with Crippen LogP contribution in [-0.4, -0.2) is 0 Å². The highest BCUT2D eigenvalue weighted by Gasteiger charge is 2.07. The first kappa shape index (κ1) is 12.2. The van der Waals surface area contributed by atoms with Gasteiger partial charge in [-0.05, 0) is 51.9 Å². The topological polar surface area (TPSA) is 0 Å². The molecule has 0 spiro atoms. The summed E-state index contributed by atoms with van der Waals surface area (Å²) in [7, 11) is 0. The zero-order chi connectivity index (χ0) is 13.2. The second-order valence-electron chi connectivity index (χ2n) is 5.73. The van der Waals surface area contributed by atoms with Gasteiger partial charge in [0.1, 0.15) is 0 Å². The van der Waals surface area contributed by atoms with Crippen molar-refractivity contribution in [3.05, 3.63) is 60.2 Å². The van der Waals surface area contributed by atoms with Crippen molar-refractivity contribution in [1.29, 1.82) is 0 Å². The molecule has 0 saturated carbocycles. The summed E-state index contributed by atoms with van der Waals surface area (Å²) in [6.07, 6.45) is 2.41. The van der Waals surface area contributed by atoms with E-state index in [4.69, 9.17) is 0 Å². The maximum absolute atomic E-state index is 2.31. The first-order valence-corrected chi connectivity index (χ1v) is 7.15. The van der Waals surface area contributed by atoms with E-state index >= 15 is 0 Å². The molecule has 0 atom stereocenters. The van der Waals surface area contributed by atoms with E-state index in [1.54, 1.807) is 0 Å². The van der Waals surface area contributed by atoms with E-state index in [2.05, 4.69) is 68.4 Å². The molecule has 96 valence electrons. The largest absolute Gasteiger partial charge is 0.0628 e. The van der Waals surface area contributed by atoms with Crippen LogP contribution in [0.2, 0.25) is 0 Å². The lowest BCUT2D eigenvalue weighted by Gasteiger charge is -2.12. The average molecular weight is 248 g/mol. The number of hydrogen-bond acceptors (Lipinski definition) is 0. The van der Waals surface area contributed by atoms with Gasteiger partial charge in [-0.3, -0.25) is 0 Å². The molecule has 0 saturated heterocycles. The Balaban J connectivity index is 2.26. The van der Waals surface area contributed by atoms with Crippen LogP contribution in [0.15, 0.2) is 54.6 Å². The smallest absolute Gasteiger partial charge is 0.0146 e. The van der Waals surface area contributed by atoms with Gasteiger partial charge in [0.05, 0.1) is 0 Å². The maximum atomic E-state index is 2.31. The fraction of sp³-hybridized carbons (Fsp3) is 0.263. The fourth-order valence-electron chi connectivity index (χ4n) is 2.81. The van der Waals surface area contributed by atoms with Gasteiger partial charge in [-0.25, -0.2) is 0 Å². The van der Waals surface area contributed by atoms with Crippen molar-refractivity contribution in [2.75, 3.05) is 0 Å². The van der Waals surface area contributed by atoms with Gasteiger partial charge < -0.3 is 0 Å². The molecule has 0 aromatic heterocycles. The molecule has 0 aliphatic carbocycles. The Morgan fingerprint density at radius 2 is 1.32 bits per heavy atom. The molecule has 0 fully saturated rings. The van der Waals surface area contributed by atoms with Gasteiger partial charge in [-0.2, -0.15) is 0 Å². The minimum absolute atomic E-state index is 0.748. The summed E-state index contributed by atoms with van der Waals surface area (Å²) in [5.74, 6) is 0.748. The van der Waals surface area contributed by atoms with Crippen LogP contribution in [0.25, 0.3) is 21.5 Å². The van der Waals surface area contributed by atoms with E-state index in [1.807, 2.05) is 0 Å². The van der Waals surface area contributed by atoms with Crippen LogP contribution in [0.3, 0.4) is 0 Å². The quantitative estimate of drug-likeness (QED) is 0.531. The predicted octanol–water partition coefficient (Wildman–Crippen LogP) is 5.58. The molecule has 0 heterocycles. The van der Waals surface area contributed by atoms with Gasteiger partial charge in [-0.15, -0.1) is 0 Å². The highest BCUT2D eigenvalue weighted by Crippen LogP contribution is 2.29. The SMILES string of the molecule is CC(C)CCc1c2ccccc2cc2ccccc12. The molecular formula is C19H20. The third kappa shape index (κ3) is 2.35. The van der Waals surface area contributed by atoms with E-state index in [0.29, 0.717) is 0 Å². The molecule has 0 nitrogen and oxygen atoms in total. The number of benzene rings is 3. The summed E-state index contributed by atoms with van der Waals surface area (Å²) in [5.41, 5.74) is 1.52. The highest BCUT2D eigenvalue weighted by atomic mass is 14.1. The predicted molar refractivity (Wildman–Crippen MR) is 84.6 cm³/mol. The molecule has 0 heteroatoms. The lowest BCUT2D eigenvalue weighted by molar-refractivity contribution is 0.589. The van der Waals surface area contributed by atoms with Crippen LogP contribution in [0.5, 0.6) is 0 Å². The lowest BCUT2D eigenvalue weighted by atomic mass is 9.92. The molecular weight excluding hydrogens is 228 g/mol. The zero-order valence-corrected chi connectivity index (χ0v) is 11.7. The molecule has 3 aromatic carbocycles. The van der Waals surface area contributed by atoms with Crippen molar-refractivity contribution in [1.82, 2.24) is 0 Å². The second-order valence-corrected chi connectivity index (χ2v) is 5.73. The Morgan fingerprint density at radius 1 is 0.789 bits per heavy atom. The zero-order valence-electron chi connectivity index (χ0n) is 11.7. The normalized spacial score (nSPS) is 11.5. The first-order valence-electron chi connectivity index (χ1n) is 7.15. The standard InChI is InChI=1S/C19H20/c1-14(2)11-12-19-17-9-5-3-7-15(17)13-16-8-4-6-10-18(16)19/h3-10,13-14H,11-12H2,1-2H3.